The van der Waals surface area contributed by atoms with Crippen LogP contribution in [0.25, 0.3) is 0 Å². The minimum atomic E-state index is -1.10. The van der Waals surface area contributed by atoms with Crippen LogP contribution in [0, 0.1) is 5.41 Å². The van der Waals surface area contributed by atoms with Crippen LogP contribution in [-0.4, -0.2) is 37.2 Å². The highest BCUT2D eigenvalue weighted by molar-refractivity contribution is 6.30. The third-order valence-electron chi connectivity index (χ3n) is 4.29. The number of benzene rings is 1. The van der Waals surface area contributed by atoms with Crippen LogP contribution in [0.2, 0.25) is 5.02 Å². The molecule has 1 atom stereocenters. The summed E-state index contributed by atoms with van der Waals surface area (Å²) in [5.74, 6) is 0. The second-order valence-corrected chi connectivity index (χ2v) is 6.73. The average Bonchev–Trinajstić information content (AvgIpc) is 2.99. The Balaban J connectivity index is 2.15. The molecule has 0 bridgehead atoms. The molecule has 2 rings (SSSR count). The van der Waals surface area contributed by atoms with Gasteiger partial charge in [-0.25, -0.2) is 4.98 Å². The Morgan fingerprint density at radius 3 is 2.45 bits per heavy atom. The lowest BCUT2D eigenvalue weighted by molar-refractivity contribution is -0.109. The van der Waals surface area contributed by atoms with E-state index in [2.05, 4.69) is 10.1 Å². The number of hydrogen-bond acceptors (Lipinski definition) is 4. The zero-order valence-electron chi connectivity index (χ0n) is 12.9. The van der Waals surface area contributed by atoms with E-state index in [1.165, 1.54) is 6.33 Å². The average molecular weight is 324 g/mol. The molecule has 0 aliphatic rings. The molecule has 1 aromatic heterocycles. The molecule has 0 fully saturated rings. The van der Waals surface area contributed by atoms with Gasteiger partial charge in [-0.05, 0) is 30.5 Å². The standard InChI is InChI=1S/C16H22ClN3O2/c1-15(2,10-21)16(22,9-20-12-18-11-19-20)8-7-13-3-5-14(17)6-4-13/h3-6,11-12,21-22H,7-10H2,1-2H3. The van der Waals surface area contributed by atoms with Crippen LogP contribution in [0.3, 0.4) is 0 Å². The number of hydrogen-bond donors (Lipinski definition) is 2. The minimum Gasteiger partial charge on any atom is -0.396 e. The summed E-state index contributed by atoms with van der Waals surface area (Å²) in [6.07, 6.45) is 4.19. The molecule has 0 radical (unpaired) electrons. The second-order valence-electron chi connectivity index (χ2n) is 6.29. The van der Waals surface area contributed by atoms with Gasteiger partial charge in [0.15, 0.2) is 0 Å². The van der Waals surface area contributed by atoms with E-state index in [0.717, 1.165) is 5.56 Å². The lowest BCUT2D eigenvalue weighted by atomic mass is 9.72. The fraction of sp³-hybridized carbons (Fsp3) is 0.500. The van der Waals surface area contributed by atoms with E-state index in [1.807, 2.05) is 38.1 Å². The van der Waals surface area contributed by atoms with E-state index in [-0.39, 0.29) is 13.2 Å². The van der Waals surface area contributed by atoms with Crippen molar-refractivity contribution in [1.29, 1.82) is 0 Å². The van der Waals surface area contributed by atoms with Gasteiger partial charge in [0.2, 0.25) is 0 Å². The number of halogens is 1. The maximum absolute atomic E-state index is 11.2. The summed E-state index contributed by atoms with van der Waals surface area (Å²) < 4.78 is 1.60. The van der Waals surface area contributed by atoms with Crippen LogP contribution in [-0.2, 0) is 13.0 Å². The van der Waals surface area contributed by atoms with Gasteiger partial charge in [0.1, 0.15) is 12.7 Å². The summed E-state index contributed by atoms with van der Waals surface area (Å²) in [5.41, 5.74) is -0.671. The molecule has 0 saturated heterocycles. The summed E-state index contributed by atoms with van der Waals surface area (Å²) in [6.45, 7) is 3.88. The molecular weight excluding hydrogens is 302 g/mol. The van der Waals surface area contributed by atoms with E-state index in [9.17, 15) is 10.2 Å². The SMILES string of the molecule is CC(C)(CO)C(O)(CCc1ccc(Cl)cc1)Cn1cncn1. The third kappa shape index (κ3) is 3.85. The van der Waals surface area contributed by atoms with Gasteiger partial charge in [0.25, 0.3) is 0 Å². The normalized spacial score (nSPS) is 14.8. The Morgan fingerprint density at radius 1 is 1.23 bits per heavy atom. The van der Waals surface area contributed by atoms with Crippen LogP contribution < -0.4 is 0 Å². The first-order valence-corrected chi connectivity index (χ1v) is 7.64. The summed E-state index contributed by atoms with van der Waals surface area (Å²) >= 11 is 5.89. The molecule has 0 aliphatic carbocycles. The fourth-order valence-electron chi connectivity index (χ4n) is 2.36. The van der Waals surface area contributed by atoms with Crippen LogP contribution in [0.5, 0.6) is 0 Å². The van der Waals surface area contributed by atoms with Crippen molar-refractivity contribution in [1.82, 2.24) is 14.8 Å². The van der Waals surface area contributed by atoms with E-state index < -0.39 is 11.0 Å². The van der Waals surface area contributed by atoms with Crippen LogP contribution >= 0.6 is 11.6 Å². The molecule has 0 spiro atoms. The lowest BCUT2D eigenvalue weighted by Crippen LogP contribution is -2.50. The van der Waals surface area contributed by atoms with E-state index in [4.69, 9.17) is 11.6 Å². The molecule has 2 N–H and O–H groups in total. The Kier molecular flexibility index (Phi) is 5.21. The van der Waals surface area contributed by atoms with Crippen molar-refractivity contribution in [3.05, 3.63) is 47.5 Å². The molecule has 0 amide bonds. The number of aliphatic hydroxyl groups is 2. The van der Waals surface area contributed by atoms with Crippen molar-refractivity contribution >= 4 is 11.6 Å². The maximum Gasteiger partial charge on any atom is 0.137 e. The molecule has 1 heterocycles. The Bertz CT molecular complexity index is 584. The first-order chi connectivity index (χ1) is 10.4. The van der Waals surface area contributed by atoms with Crippen LogP contribution in [0.15, 0.2) is 36.9 Å². The summed E-state index contributed by atoms with van der Waals surface area (Å²) in [6, 6.07) is 7.57. The van der Waals surface area contributed by atoms with Gasteiger partial charge in [-0.1, -0.05) is 37.6 Å². The van der Waals surface area contributed by atoms with Crippen molar-refractivity contribution in [2.45, 2.75) is 38.8 Å². The summed E-state index contributed by atoms with van der Waals surface area (Å²) in [5, 5.41) is 25.6. The maximum atomic E-state index is 11.2. The monoisotopic (exact) mass is 323 g/mol. The molecule has 22 heavy (non-hydrogen) atoms. The highest BCUT2D eigenvalue weighted by Gasteiger charge is 2.43. The van der Waals surface area contributed by atoms with Gasteiger partial charge >= 0.3 is 0 Å². The van der Waals surface area contributed by atoms with Crippen molar-refractivity contribution in [2.24, 2.45) is 5.41 Å². The van der Waals surface area contributed by atoms with Crippen molar-refractivity contribution < 1.29 is 10.2 Å². The predicted octanol–water partition coefficient (Wildman–Crippen LogP) is 2.31. The topological polar surface area (TPSA) is 71.2 Å². The van der Waals surface area contributed by atoms with Gasteiger partial charge in [-0.3, -0.25) is 4.68 Å². The fourth-order valence-corrected chi connectivity index (χ4v) is 2.49. The first kappa shape index (κ1) is 16.9. The van der Waals surface area contributed by atoms with Crippen molar-refractivity contribution in [3.8, 4) is 0 Å². The van der Waals surface area contributed by atoms with E-state index >= 15 is 0 Å². The number of nitrogens with zero attached hydrogens (tertiary/aromatic N) is 3. The Morgan fingerprint density at radius 2 is 1.91 bits per heavy atom. The smallest absolute Gasteiger partial charge is 0.137 e. The van der Waals surface area contributed by atoms with Gasteiger partial charge in [0, 0.05) is 10.4 Å². The van der Waals surface area contributed by atoms with Crippen LogP contribution in [0.1, 0.15) is 25.8 Å². The predicted molar refractivity (Wildman–Crippen MR) is 85.6 cm³/mol. The van der Waals surface area contributed by atoms with Crippen molar-refractivity contribution in [3.63, 3.8) is 0 Å². The molecule has 6 heteroatoms. The molecule has 120 valence electrons. The van der Waals surface area contributed by atoms with Gasteiger partial charge in [-0.15, -0.1) is 0 Å². The quantitative estimate of drug-likeness (QED) is 0.820. The molecular formula is C16H22ClN3O2. The third-order valence-corrected chi connectivity index (χ3v) is 4.54. The highest BCUT2D eigenvalue weighted by atomic mass is 35.5. The minimum absolute atomic E-state index is 0.112. The number of aryl methyl sites for hydroxylation is 1. The molecule has 1 unspecified atom stereocenters. The Hall–Kier alpha value is -1.43. The summed E-state index contributed by atoms with van der Waals surface area (Å²) in [7, 11) is 0. The van der Waals surface area contributed by atoms with Gasteiger partial charge in [0.05, 0.1) is 18.8 Å². The zero-order chi connectivity index (χ0) is 16.2. The number of aliphatic hydroxyl groups excluding tert-OH is 1. The van der Waals surface area contributed by atoms with Gasteiger partial charge < -0.3 is 10.2 Å². The summed E-state index contributed by atoms with van der Waals surface area (Å²) in [4.78, 5) is 3.91. The molecule has 2 aromatic rings. The molecule has 0 aliphatic heterocycles. The van der Waals surface area contributed by atoms with E-state index in [1.54, 1.807) is 11.0 Å². The van der Waals surface area contributed by atoms with E-state index in [0.29, 0.717) is 17.9 Å². The number of rotatable bonds is 7. The highest BCUT2D eigenvalue weighted by Crippen LogP contribution is 2.36. The van der Waals surface area contributed by atoms with Crippen molar-refractivity contribution in [2.75, 3.05) is 6.61 Å². The Labute approximate surface area is 135 Å². The zero-order valence-corrected chi connectivity index (χ0v) is 13.7. The molecule has 1 aromatic carbocycles. The molecule has 0 saturated carbocycles. The van der Waals surface area contributed by atoms with Crippen LogP contribution in [0.4, 0.5) is 0 Å². The second kappa shape index (κ2) is 6.77. The largest absolute Gasteiger partial charge is 0.396 e. The molecule has 5 nitrogen and oxygen atoms in total. The lowest BCUT2D eigenvalue weighted by Gasteiger charge is -2.41. The van der Waals surface area contributed by atoms with Gasteiger partial charge in [-0.2, -0.15) is 5.10 Å². The first-order valence-electron chi connectivity index (χ1n) is 7.26. The number of aromatic nitrogens is 3.